The molecule has 96 valence electrons. The molecule has 0 amide bonds. The predicted octanol–water partition coefficient (Wildman–Crippen LogP) is 4.21. The minimum atomic E-state index is -0.0690. The quantitative estimate of drug-likeness (QED) is 0.920. The van der Waals surface area contributed by atoms with E-state index in [2.05, 4.69) is 47.1 Å². The molecule has 3 nitrogen and oxygen atoms in total. The van der Waals surface area contributed by atoms with Gasteiger partial charge in [-0.15, -0.1) is 0 Å². The SMILES string of the molecule is CCCC(N)c1cc(-c2ccc(C)cc2Br)no1. The number of rotatable bonds is 4. The minimum Gasteiger partial charge on any atom is -0.359 e. The van der Waals surface area contributed by atoms with Gasteiger partial charge >= 0.3 is 0 Å². The molecular formula is C14H17BrN2O. The highest BCUT2D eigenvalue weighted by molar-refractivity contribution is 9.10. The maximum absolute atomic E-state index is 6.01. The van der Waals surface area contributed by atoms with E-state index >= 15 is 0 Å². The van der Waals surface area contributed by atoms with E-state index in [0.29, 0.717) is 0 Å². The summed E-state index contributed by atoms with van der Waals surface area (Å²) >= 11 is 3.55. The zero-order valence-corrected chi connectivity index (χ0v) is 12.2. The number of hydrogen-bond donors (Lipinski definition) is 1. The minimum absolute atomic E-state index is 0.0690. The lowest BCUT2D eigenvalue weighted by molar-refractivity contribution is 0.356. The maximum Gasteiger partial charge on any atom is 0.154 e. The first-order chi connectivity index (χ1) is 8.61. The van der Waals surface area contributed by atoms with Crippen LogP contribution in [0.2, 0.25) is 0 Å². The van der Waals surface area contributed by atoms with Crippen LogP contribution in [-0.4, -0.2) is 5.16 Å². The van der Waals surface area contributed by atoms with Crippen molar-refractivity contribution in [3.05, 3.63) is 40.1 Å². The van der Waals surface area contributed by atoms with Crippen LogP contribution >= 0.6 is 15.9 Å². The van der Waals surface area contributed by atoms with E-state index < -0.39 is 0 Å². The van der Waals surface area contributed by atoms with Gasteiger partial charge in [0, 0.05) is 16.1 Å². The number of aromatic nitrogens is 1. The lowest BCUT2D eigenvalue weighted by atomic mass is 10.1. The van der Waals surface area contributed by atoms with Gasteiger partial charge in [-0.25, -0.2) is 0 Å². The van der Waals surface area contributed by atoms with Crippen LogP contribution in [0.25, 0.3) is 11.3 Å². The van der Waals surface area contributed by atoms with Gasteiger partial charge in [0.05, 0.1) is 6.04 Å². The third-order valence-electron chi connectivity index (χ3n) is 2.89. The topological polar surface area (TPSA) is 52.0 Å². The molecule has 1 aromatic carbocycles. The second kappa shape index (κ2) is 5.67. The van der Waals surface area contributed by atoms with Crippen molar-refractivity contribution in [2.24, 2.45) is 5.73 Å². The average molecular weight is 309 g/mol. The van der Waals surface area contributed by atoms with Crippen LogP contribution in [-0.2, 0) is 0 Å². The molecule has 1 aromatic heterocycles. The van der Waals surface area contributed by atoms with Crippen LogP contribution in [0.5, 0.6) is 0 Å². The number of nitrogens with zero attached hydrogens (tertiary/aromatic N) is 1. The molecule has 1 heterocycles. The Bertz CT molecular complexity index is 536. The Labute approximate surface area is 115 Å². The van der Waals surface area contributed by atoms with Gasteiger partial charge in [-0.2, -0.15) is 0 Å². The summed E-state index contributed by atoms with van der Waals surface area (Å²) < 4.78 is 6.34. The monoisotopic (exact) mass is 308 g/mol. The molecule has 0 aliphatic rings. The molecule has 1 unspecified atom stereocenters. The molecule has 0 spiro atoms. The van der Waals surface area contributed by atoms with E-state index in [1.807, 2.05) is 12.1 Å². The highest BCUT2D eigenvalue weighted by Crippen LogP contribution is 2.30. The first kappa shape index (κ1) is 13.3. The van der Waals surface area contributed by atoms with Crippen LogP contribution in [0.1, 0.15) is 37.1 Å². The first-order valence-electron chi connectivity index (χ1n) is 6.10. The Kier molecular flexibility index (Phi) is 4.19. The Morgan fingerprint density at radius 3 is 2.83 bits per heavy atom. The van der Waals surface area contributed by atoms with Crippen LogP contribution in [0, 0.1) is 6.92 Å². The zero-order valence-electron chi connectivity index (χ0n) is 10.6. The molecule has 0 aliphatic heterocycles. The lowest BCUT2D eigenvalue weighted by Crippen LogP contribution is -2.08. The summed E-state index contributed by atoms with van der Waals surface area (Å²) in [6.07, 6.45) is 1.94. The number of nitrogens with two attached hydrogens (primary N) is 1. The zero-order chi connectivity index (χ0) is 13.1. The summed E-state index contributed by atoms with van der Waals surface area (Å²) in [6.45, 7) is 4.16. The summed E-state index contributed by atoms with van der Waals surface area (Å²) in [7, 11) is 0. The Morgan fingerprint density at radius 1 is 1.39 bits per heavy atom. The van der Waals surface area contributed by atoms with Crippen molar-refractivity contribution < 1.29 is 4.52 Å². The maximum atomic E-state index is 6.01. The van der Waals surface area contributed by atoms with Crippen molar-refractivity contribution in [3.63, 3.8) is 0 Å². The first-order valence-corrected chi connectivity index (χ1v) is 6.90. The third kappa shape index (κ3) is 2.82. The van der Waals surface area contributed by atoms with Crippen molar-refractivity contribution in [2.75, 3.05) is 0 Å². The van der Waals surface area contributed by atoms with Gasteiger partial charge in [0.1, 0.15) is 5.69 Å². The third-order valence-corrected chi connectivity index (χ3v) is 3.55. The van der Waals surface area contributed by atoms with E-state index in [4.69, 9.17) is 10.3 Å². The van der Waals surface area contributed by atoms with Crippen molar-refractivity contribution in [1.82, 2.24) is 5.16 Å². The van der Waals surface area contributed by atoms with Crippen LogP contribution in [0.15, 0.2) is 33.3 Å². The summed E-state index contributed by atoms with van der Waals surface area (Å²) in [4.78, 5) is 0. The fourth-order valence-electron chi connectivity index (χ4n) is 1.87. The smallest absolute Gasteiger partial charge is 0.154 e. The van der Waals surface area contributed by atoms with E-state index in [0.717, 1.165) is 34.3 Å². The van der Waals surface area contributed by atoms with Gasteiger partial charge in [-0.1, -0.05) is 46.6 Å². The Morgan fingerprint density at radius 2 is 2.17 bits per heavy atom. The number of hydrogen-bond acceptors (Lipinski definition) is 3. The Hall–Kier alpha value is -1.13. The molecule has 0 aliphatic carbocycles. The van der Waals surface area contributed by atoms with E-state index in [9.17, 15) is 0 Å². The van der Waals surface area contributed by atoms with Crippen LogP contribution < -0.4 is 5.73 Å². The molecule has 2 aromatic rings. The molecular weight excluding hydrogens is 292 g/mol. The molecule has 1 atom stereocenters. The highest BCUT2D eigenvalue weighted by Gasteiger charge is 2.14. The number of benzene rings is 1. The van der Waals surface area contributed by atoms with E-state index in [1.165, 1.54) is 5.56 Å². The fourth-order valence-corrected chi connectivity index (χ4v) is 2.57. The average Bonchev–Trinajstić information content (AvgIpc) is 2.78. The standard InChI is InChI=1S/C14H17BrN2O/c1-3-4-12(16)14-8-13(17-18-14)10-6-5-9(2)7-11(10)15/h5-8,12H,3-4,16H2,1-2H3. The molecule has 0 radical (unpaired) electrons. The second-order valence-corrected chi connectivity index (χ2v) is 5.35. The van der Waals surface area contributed by atoms with E-state index in [1.54, 1.807) is 0 Å². The largest absolute Gasteiger partial charge is 0.359 e. The van der Waals surface area contributed by atoms with Gasteiger partial charge < -0.3 is 10.3 Å². The molecule has 0 bridgehead atoms. The molecule has 0 fully saturated rings. The molecule has 18 heavy (non-hydrogen) atoms. The summed E-state index contributed by atoms with van der Waals surface area (Å²) in [6, 6.07) is 8.01. The number of aryl methyl sites for hydroxylation is 1. The molecule has 2 rings (SSSR count). The van der Waals surface area contributed by atoms with Gasteiger partial charge in [-0.3, -0.25) is 0 Å². The van der Waals surface area contributed by atoms with E-state index in [-0.39, 0.29) is 6.04 Å². The molecule has 0 saturated carbocycles. The highest BCUT2D eigenvalue weighted by atomic mass is 79.9. The van der Waals surface area contributed by atoms with Gasteiger partial charge in [0.15, 0.2) is 5.76 Å². The Balaban J connectivity index is 2.29. The predicted molar refractivity (Wildman–Crippen MR) is 76.2 cm³/mol. The molecule has 0 saturated heterocycles. The summed E-state index contributed by atoms with van der Waals surface area (Å²) in [5.74, 6) is 0.749. The van der Waals surface area contributed by atoms with Gasteiger partial charge in [0.25, 0.3) is 0 Å². The van der Waals surface area contributed by atoms with Crippen molar-refractivity contribution in [3.8, 4) is 11.3 Å². The van der Waals surface area contributed by atoms with Gasteiger partial charge in [0.2, 0.25) is 0 Å². The normalized spacial score (nSPS) is 12.7. The number of halogens is 1. The summed E-state index contributed by atoms with van der Waals surface area (Å²) in [5.41, 5.74) is 9.07. The lowest BCUT2D eigenvalue weighted by Gasteiger charge is -2.03. The van der Waals surface area contributed by atoms with Gasteiger partial charge in [-0.05, 0) is 25.0 Å². The van der Waals surface area contributed by atoms with Crippen molar-refractivity contribution >= 4 is 15.9 Å². The fraction of sp³-hybridized carbons (Fsp3) is 0.357. The van der Waals surface area contributed by atoms with Crippen LogP contribution in [0.4, 0.5) is 0 Å². The van der Waals surface area contributed by atoms with Crippen molar-refractivity contribution in [2.45, 2.75) is 32.7 Å². The molecule has 4 heteroatoms. The van der Waals surface area contributed by atoms with Crippen molar-refractivity contribution in [1.29, 1.82) is 0 Å². The molecule has 2 N–H and O–H groups in total. The second-order valence-electron chi connectivity index (χ2n) is 4.49. The summed E-state index contributed by atoms with van der Waals surface area (Å²) in [5, 5.41) is 4.10. The van der Waals surface area contributed by atoms with Crippen LogP contribution in [0.3, 0.4) is 0 Å².